The van der Waals surface area contributed by atoms with Gasteiger partial charge in [0.05, 0.1) is 4.90 Å². The first-order valence-electron chi connectivity index (χ1n) is 4.37. The molecule has 0 aromatic heterocycles. The highest BCUT2D eigenvalue weighted by molar-refractivity contribution is 7.89. The van der Waals surface area contributed by atoms with E-state index in [2.05, 4.69) is 0 Å². The number of hydrogen-bond acceptors (Lipinski definition) is 3. The number of halogens is 1. The van der Waals surface area contributed by atoms with Crippen molar-refractivity contribution < 1.29 is 13.5 Å². The smallest absolute Gasteiger partial charge is 0.238 e. The summed E-state index contributed by atoms with van der Waals surface area (Å²) < 4.78 is 22.0. The summed E-state index contributed by atoms with van der Waals surface area (Å²) in [6.45, 7) is 0.0767. The van der Waals surface area contributed by atoms with Crippen molar-refractivity contribution in [1.29, 1.82) is 0 Å². The summed E-state index contributed by atoms with van der Waals surface area (Å²) in [6, 6.07) is 4.34. The summed E-state index contributed by atoms with van der Waals surface area (Å²) in [5, 5.41) is 13.9. The number of primary sulfonamides is 1. The molecule has 1 aromatic rings. The van der Waals surface area contributed by atoms with E-state index in [0.29, 0.717) is 17.9 Å². The van der Waals surface area contributed by atoms with Crippen molar-refractivity contribution in [2.24, 2.45) is 5.14 Å². The Bertz CT molecular complexity index is 445. The van der Waals surface area contributed by atoms with Crippen LogP contribution in [0.3, 0.4) is 0 Å². The number of aliphatic hydroxyl groups is 1. The molecule has 0 heterocycles. The van der Waals surface area contributed by atoms with Gasteiger partial charge in [0.15, 0.2) is 0 Å². The third-order valence-electron chi connectivity index (χ3n) is 1.96. The fourth-order valence-corrected chi connectivity index (χ4v) is 2.06. The van der Waals surface area contributed by atoms with Crippen LogP contribution < -0.4 is 5.14 Å². The fourth-order valence-electron chi connectivity index (χ4n) is 1.18. The second-order valence-electron chi connectivity index (χ2n) is 3.13. The quantitative estimate of drug-likeness (QED) is 0.832. The lowest BCUT2D eigenvalue weighted by Crippen LogP contribution is -2.12. The van der Waals surface area contributed by atoms with Crippen LogP contribution in [0, 0.1) is 0 Å². The zero-order valence-corrected chi connectivity index (χ0v) is 9.55. The molecule has 0 bridgehead atoms. The zero-order chi connectivity index (χ0) is 11.5. The molecule has 0 radical (unpaired) electrons. The SMILES string of the molecule is NS(=O)(=O)c1ccc(CCCO)c(Cl)c1. The van der Waals surface area contributed by atoms with Gasteiger partial charge in [-0.3, -0.25) is 0 Å². The minimum absolute atomic E-state index is 0.000230. The van der Waals surface area contributed by atoms with E-state index < -0.39 is 10.0 Å². The van der Waals surface area contributed by atoms with Crippen LogP contribution >= 0.6 is 11.6 Å². The van der Waals surface area contributed by atoms with E-state index in [9.17, 15) is 8.42 Å². The van der Waals surface area contributed by atoms with Crippen molar-refractivity contribution in [2.75, 3.05) is 6.61 Å². The van der Waals surface area contributed by atoms with Crippen LogP contribution in [0.1, 0.15) is 12.0 Å². The maximum absolute atomic E-state index is 11.0. The molecule has 0 fully saturated rings. The molecule has 6 heteroatoms. The van der Waals surface area contributed by atoms with E-state index in [4.69, 9.17) is 21.8 Å². The summed E-state index contributed by atoms with van der Waals surface area (Å²) in [5.41, 5.74) is 0.804. The Balaban J connectivity index is 2.99. The second-order valence-corrected chi connectivity index (χ2v) is 5.09. The molecule has 3 N–H and O–H groups in total. The molecule has 0 saturated heterocycles. The van der Waals surface area contributed by atoms with E-state index >= 15 is 0 Å². The van der Waals surface area contributed by atoms with Gasteiger partial charge in [0, 0.05) is 11.6 Å². The molecule has 0 amide bonds. The summed E-state index contributed by atoms with van der Waals surface area (Å²) in [5.74, 6) is 0. The second kappa shape index (κ2) is 4.94. The largest absolute Gasteiger partial charge is 0.396 e. The Kier molecular flexibility index (Phi) is 4.10. The number of aryl methyl sites for hydroxylation is 1. The minimum atomic E-state index is -3.70. The lowest BCUT2D eigenvalue weighted by atomic mass is 10.1. The molecule has 15 heavy (non-hydrogen) atoms. The average molecular weight is 250 g/mol. The van der Waals surface area contributed by atoms with Crippen LogP contribution in [0.15, 0.2) is 23.1 Å². The fraction of sp³-hybridized carbons (Fsp3) is 0.333. The Morgan fingerprint density at radius 3 is 2.53 bits per heavy atom. The Morgan fingerprint density at radius 2 is 2.07 bits per heavy atom. The lowest BCUT2D eigenvalue weighted by molar-refractivity contribution is 0.288. The highest BCUT2D eigenvalue weighted by atomic mass is 35.5. The van der Waals surface area contributed by atoms with Gasteiger partial charge in [-0.1, -0.05) is 17.7 Å². The Hall–Kier alpha value is -0.620. The number of nitrogens with two attached hydrogens (primary N) is 1. The monoisotopic (exact) mass is 249 g/mol. The Labute approximate surface area is 93.7 Å². The maximum atomic E-state index is 11.0. The zero-order valence-electron chi connectivity index (χ0n) is 7.98. The number of sulfonamides is 1. The van der Waals surface area contributed by atoms with Crippen molar-refractivity contribution in [3.05, 3.63) is 28.8 Å². The van der Waals surface area contributed by atoms with Crippen molar-refractivity contribution in [2.45, 2.75) is 17.7 Å². The molecule has 0 aliphatic rings. The highest BCUT2D eigenvalue weighted by Crippen LogP contribution is 2.21. The minimum Gasteiger partial charge on any atom is -0.396 e. The van der Waals surface area contributed by atoms with Crippen LogP contribution in [0.4, 0.5) is 0 Å². The van der Waals surface area contributed by atoms with Gasteiger partial charge in [-0.15, -0.1) is 0 Å². The standard InChI is InChI=1S/C9H12ClNO3S/c10-9-6-8(15(11,13)14)4-3-7(9)2-1-5-12/h3-4,6,12H,1-2,5H2,(H2,11,13,14). The molecule has 0 saturated carbocycles. The maximum Gasteiger partial charge on any atom is 0.238 e. The van der Waals surface area contributed by atoms with Gasteiger partial charge in [-0.25, -0.2) is 13.6 Å². The van der Waals surface area contributed by atoms with E-state index in [0.717, 1.165) is 5.56 Å². The third kappa shape index (κ3) is 3.46. The highest BCUT2D eigenvalue weighted by Gasteiger charge is 2.10. The van der Waals surface area contributed by atoms with Crippen LogP contribution in [-0.2, 0) is 16.4 Å². The van der Waals surface area contributed by atoms with Gasteiger partial charge < -0.3 is 5.11 Å². The summed E-state index contributed by atoms with van der Waals surface area (Å²) >= 11 is 5.87. The number of aliphatic hydroxyl groups excluding tert-OH is 1. The molecule has 0 unspecified atom stereocenters. The van der Waals surface area contributed by atoms with Crippen molar-refractivity contribution >= 4 is 21.6 Å². The normalized spacial score (nSPS) is 11.7. The molecule has 4 nitrogen and oxygen atoms in total. The van der Waals surface area contributed by atoms with Gasteiger partial charge in [-0.2, -0.15) is 0 Å². The third-order valence-corrected chi connectivity index (χ3v) is 3.22. The van der Waals surface area contributed by atoms with Crippen LogP contribution in [0.25, 0.3) is 0 Å². The molecule has 1 rings (SSSR count). The molecule has 0 aliphatic heterocycles. The number of hydrogen-bond donors (Lipinski definition) is 2. The van der Waals surface area contributed by atoms with E-state index in [-0.39, 0.29) is 11.5 Å². The molecule has 0 atom stereocenters. The summed E-state index contributed by atoms with van der Waals surface area (Å²) in [4.78, 5) is 0.000230. The van der Waals surface area contributed by atoms with Crippen LogP contribution in [0.2, 0.25) is 5.02 Å². The van der Waals surface area contributed by atoms with Crippen molar-refractivity contribution in [1.82, 2.24) is 0 Å². The molecule has 84 valence electrons. The lowest BCUT2D eigenvalue weighted by Gasteiger charge is -2.05. The van der Waals surface area contributed by atoms with E-state index in [1.165, 1.54) is 12.1 Å². The molecule has 1 aromatic carbocycles. The first-order valence-corrected chi connectivity index (χ1v) is 6.29. The predicted octanol–water partition coefficient (Wildman–Crippen LogP) is 0.912. The van der Waals surface area contributed by atoms with Crippen molar-refractivity contribution in [3.8, 4) is 0 Å². The Morgan fingerprint density at radius 1 is 1.40 bits per heavy atom. The van der Waals surface area contributed by atoms with Crippen molar-refractivity contribution in [3.63, 3.8) is 0 Å². The number of rotatable bonds is 4. The van der Waals surface area contributed by atoms with Gasteiger partial charge in [0.2, 0.25) is 10.0 Å². The number of benzene rings is 1. The molecule has 0 spiro atoms. The molecule has 0 aliphatic carbocycles. The van der Waals surface area contributed by atoms with Gasteiger partial charge in [0.25, 0.3) is 0 Å². The van der Waals surface area contributed by atoms with Crippen LogP contribution in [0.5, 0.6) is 0 Å². The van der Waals surface area contributed by atoms with Gasteiger partial charge >= 0.3 is 0 Å². The van der Waals surface area contributed by atoms with Crippen LogP contribution in [-0.4, -0.2) is 20.1 Å². The summed E-state index contributed by atoms with van der Waals surface area (Å²) in [7, 11) is -3.70. The summed E-state index contributed by atoms with van der Waals surface area (Å²) in [6.07, 6.45) is 1.20. The predicted molar refractivity (Wildman–Crippen MR) is 58.2 cm³/mol. The molecular formula is C9H12ClNO3S. The van der Waals surface area contributed by atoms with Gasteiger partial charge in [-0.05, 0) is 30.5 Å². The first-order chi connectivity index (χ1) is 6.95. The first kappa shape index (κ1) is 12.4. The van der Waals surface area contributed by atoms with Gasteiger partial charge in [0.1, 0.15) is 0 Å². The average Bonchev–Trinajstić information content (AvgIpc) is 2.14. The van der Waals surface area contributed by atoms with E-state index in [1.807, 2.05) is 0 Å². The topological polar surface area (TPSA) is 80.4 Å². The molecular weight excluding hydrogens is 238 g/mol. The van der Waals surface area contributed by atoms with E-state index in [1.54, 1.807) is 6.07 Å².